The maximum atomic E-state index is 13.1. The fraction of sp³-hybridized carbons (Fsp3) is 0.600. The van der Waals surface area contributed by atoms with Crippen LogP contribution in [0, 0.1) is 0 Å². The highest BCUT2D eigenvalue weighted by Crippen LogP contribution is 2.26. The lowest BCUT2D eigenvalue weighted by Crippen LogP contribution is -2.35. The average molecular weight is 310 g/mol. The van der Waals surface area contributed by atoms with Crippen LogP contribution in [0.2, 0.25) is 0 Å². The number of hydrogen-bond donors (Lipinski definition) is 2. The monoisotopic (exact) mass is 310 g/mol. The Bertz CT molecular complexity index is 529. The summed E-state index contributed by atoms with van der Waals surface area (Å²) in [7, 11) is 0. The van der Waals surface area contributed by atoms with E-state index in [1.165, 1.54) is 19.3 Å². The summed E-state index contributed by atoms with van der Waals surface area (Å²) >= 11 is 0. The molecule has 1 atom stereocenters. The molecular weight excluding hydrogens is 290 g/mol. The van der Waals surface area contributed by atoms with E-state index >= 15 is 0 Å². The van der Waals surface area contributed by atoms with Crippen molar-refractivity contribution in [2.45, 2.75) is 37.6 Å². The van der Waals surface area contributed by atoms with Crippen LogP contribution in [0.25, 0.3) is 0 Å². The van der Waals surface area contributed by atoms with E-state index in [-0.39, 0.29) is 0 Å². The zero-order valence-corrected chi connectivity index (χ0v) is 12.3. The number of amides is 1. The molecule has 0 spiro atoms. The zero-order chi connectivity index (χ0) is 15.6. The van der Waals surface area contributed by atoms with Gasteiger partial charge in [0.05, 0.1) is 24.5 Å². The van der Waals surface area contributed by atoms with Gasteiger partial charge in [0.1, 0.15) is 5.82 Å². The minimum atomic E-state index is -2.81. The van der Waals surface area contributed by atoms with Gasteiger partial charge in [0, 0.05) is 19.5 Å². The number of nitrogens with zero attached hydrogens (tertiary/aromatic N) is 2. The maximum absolute atomic E-state index is 13.1. The molecule has 120 valence electrons. The molecule has 1 unspecified atom stereocenters. The van der Waals surface area contributed by atoms with E-state index in [1.54, 1.807) is 12.3 Å². The number of alkyl halides is 2. The van der Waals surface area contributed by atoms with Gasteiger partial charge in [-0.25, -0.2) is 13.8 Å². The van der Waals surface area contributed by atoms with Gasteiger partial charge in [0.2, 0.25) is 5.91 Å². The molecule has 2 aliphatic rings. The first-order chi connectivity index (χ1) is 10.5. The summed E-state index contributed by atoms with van der Waals surface area (Å²) in [6.45, 7) is 1.59. The summed E-state index contributed by atoms with van der Waals surface area (Å²) in [5.41, 5.74) is 1.03. The van der Waals surface area contributed by atoms with E-state index in [2.05, 4.69) is 20.5 Å². The fourth-order valence-electron chi connectivity index (χ4n) is 2.91. The Morgan fingerprint density at radius 3 is 2.68 bits per heavy atom. The summed E-state index contributed by atoms with van der Waals surface area (Å²) in [6, 6.07) is 2.76. The Morgan fingerprint density at radius 1 is 1.32 bits per heavy atom. The molecule has 0 aliphatic carbocycles. The van der Waals surface area contributed by atoms with Crippen LogP contribution in [-0.2, 0) is 4.79 Å². The number of piperidine rings is 1. The van der Waals surface area contributed by atoms with Crippen molar-refractivity contribution in [3.63, 3.8) is 0 Å². The molecule has 1 amide bonds. The van der Waals surface area contributed by atoms with Crippen molar-refractivity contribution in [1.29, 1.82) is 0 Å². The largest absolute Gasteiger partial charge is 0.370 e. The number of pyridine rings is 1. The van der Waals surface area contributed by atoms with Crippen molar-refractivity contribution >= 4 is 17.4 Å². The molecule has 0 bridgehead atoms. The molecule has 7 heteroatoms. The summed E-state index contributed by atoms with van der Waals surface area (Å²) in [4.78, 5) is 18.4. The Balaban J connectivity index is 1.58. The summed E-state index contributed by atoms with van der Waals surface area (Å²) in [6.07, 6.45) is 4.87. The van der Waals surface area contributed by atoms with Gasteiger partial charge in [-0.1, -0.05) is 0 Å². The van der Waals surface area contributed by atoms with E-state index in [4.69, 9.17) is 0 Å². The third kappa shape index (κ3) is 3.52. The third-order valence-corrected chi connectivity index (χ3v) is 4.15. The second-order valence-corrected chi connectivity index (χ2v) is 5.93. The molecule has 0 radical (unpaired) electrons. The average Bonchev–Trinajstić information content (AvgIpc) is 2.89. The molecule has 3 rings (SSSR count). The lowest BCUT2D eigenvalue weighted by molar-refractivity contribution is -0.118. The van der Waals surface area contributed by atoms with Crippen LogP contribution < -0.4 is 15.5 Å². The molecular formula is C15H20F2N4O. The number of carbonyl (C=O) groups is 1. The van der Waals surface area contributed by atoms with Gasteiger partial charge in [-0.05, 0) is 31.4 Å². The highest BCUT2D eigenvalue weighted by atomic mass is 19.3. The SMILES string of the molecule is O=C(Nc1ccc(N2CCCCC2)cn1)C1CC(F)(F)CN1. The van der Waals surface area contributed by atoms with Gasteiger partial charge in [-0.3, -0.25) is 10.1 Å². The molecule has 5 nitrogen and oxygen atoms in total. The third-order valence-electron chi connectivity index (χ3n) is 4.15. The topological polar surface area (TPSA) is 57.3 Å². The van der Waals surface area contributed by atoms with Crippen LogP contribution in [0.4, 0.5) is 20.3 Å². The summed E-state index contributed by atoms with van der Waals surface area (Å²) in [5, 5.41) is 5.12. The van der Waals surface area contributed by atoms with Gasteiger partial charge in [0.25, 0.3) is 5.92 Å². The minimum absolute atomic E-state index is 0.391. The maximum Gasteiger partial charge on any atom is 0.262 e. The van der Waals surface area contributed by atoms with Crippen molar-refractivity contribution in [2.75, 3.05) is 29.9 Å². The Hall–Kier alpha value is -1.76. The molecule has 0 saturated carbocycles. The number of anilines is 2. The first kappa shape index (κ1) is 15.1. The Kier molecular flexibility index (Phi) is 4.24. The van der Waals surface area contributed by atoms with Crippen LogP contribution in [0.1, 0.15) is 25.7 Å². The highest BCUT2D eigenvalue weighted by molar-refractivity contribution is 5.94. The van der Waals surface area contributed by atoms with E-state index < -0.39 is 30.8 Å². The quantitative estimate of drug-likeness (QED) is 0.897. The van der Waals surface area contributed by atoms with Crippen molar-refractivity contribution in [1.82, 2.24) is 10.3 Å². The number of hydrogen-bond acceptors (Lipinski definition) is 4. The predicted octanol–water partition coefficient (Wildman–Crippen LogP) is 2.01. The van der Waals surface area contributed by atoms with Gasteiger partial charge in [-0.15, -0.1) is 0 Å². The van der Waals surface area contributed by atoms with Gasteiger partial charge < -0.3 is 10.2 Å². The van der Waals surface area contributed by atoms with E-state index in [1.807, 2.05) is 6.07 Å². The molecule has 3 heterocycles. The van der Waals surface area contributed by atoms with E-state index in [0.29, 0.717) is 5.82 Å². The number of nitrogens with one attached hydrogen (secondary N) is 2. The molecule has 2 N–H and O–H groups in total. The molecule has 2 aliphatic heterocycles. The Labute approximate surface area is 128 Å². The molecule has 2 fully saturated rings. The van der Waals surface area contributed by atoms with Crippen molar-refractivity contribution in [3.8, 4) is 0 Å². The van der Waals surface area contributed by atoms with Crippen LogP contribution in [-0.4, -0.2) is 42.5 Å². The minimum Gasteiger partial charge on any atom is -0.370 e. The van der Waals surface area contributed by atoms with E-state index in [0.717, 1.165) is 18.8 Å². The molecule has 0 aromatic carbocycles. The summed E-state index contributed by atoms with van der Waals surface area (Å²) in [5.74, 6) is -2.88. The number of rotatable bonds is 3. The lowest BCUT2D eigenvalue weighted by atomic mass is 10.1. The van der Waals surface area contributed by atoms with Gasteiger partial charge in [-0.2, -0.15) is 0 Å². The van der Waals surface area contributed by atoms with Crippen LogP contribution in [0.5, 0.6) is 0 Å². The van der Waals surface area contributed by atoms with Crippen molar-refractivity contribution in [2.24, 2.45) is 0 Å². The van der Waals surface area contributed by atoms with Gasteiger partial charge in [0.15, 0.2) is 0 Å². The number of carbonyl (C=O) groups excluding carboxylic acids is 1. The normalized spacial score (nSPS) is 24.3. The number of halogens is 2. The second kappa shape index (κ2) is 6.16. The first-order valence-electron chi connectivity index (χ1n) is 7.67. The predicted molar refractivity (Wildman–Crippen MR) is 80.3 cm³/mol. The standard InChI is InChI=1S/C15H20F2N4O/c16-15(17)8-12(19-10-15)14(22)20-13-5-4-11(9-18-13)21-6-2-1-3-7-21/h4-5,9,12,19H,1-3,6-8,10H2,(H,18,20,22). The zero-order valence-electron chi connectivity index (χ0n) is 12.3. The molecule has 1 aromatic heterocycles. The molecule has 1 aromatic rings. The smallest absolute Gasteiger partial charge is 0.262 e. The fourth-order valence-corrected chi connectivity index (χ4v) is 2.91. The first-order valence-corrected chi connectivity index (χ1v) is 7.67. The molecule has 22 heavy (non-hydrogen) atoms. The highest BCUT2D eigenvalue weighted by Gasteiger charge is 2.42. The summed E-state index contributed by atoms with van der Waals surface area (Å²) < 4.78 is 26.2. The van der Waals surface area contributed by atoms with Crippen LogP contribution >= 0.6 is 0 Å². The van der Waals surface area contributed by atoms with Crippen LogP contribution in [0.15, 0.2) is 18.3 Å². The van der Waals surface area contributed by atoms with Crippen molar-refractivity contribution < 1.29 is 13.6 Å². The van der Waals surface area contributed by atoms with Crippen LogP contribution in [0.3, 0.4) is 0 Å². The van der Waals surface area contributed by atoms with Crippen molar-refractivity contribution in [3.05, 3.63) is 18.3 Å². The number of aromatic nitrogens is 1. The van der Waals surface area contributed by atoms with Gasteiger partial charge >= 0.3 is 0 Å². The Morgan fingerprint density at radius 2 is 2.09 bits per heavy atom. The van der Waals surface area contributed by atoms with E-state index in [9.17, 15) is 13.6 Å². The second-order valence-electron chi connectivity index (χ2n) is 5.93. The lowest BCUT2D eigenvalue weighted by Gasteiger charge is -2.28. The molecule has 2 saturated heterocycles.